The smallest absolute Gasteiger partial charge is 0.337 e. The fourth-order valence-electron chi connectivity index (χ4n) is 2.06. The Morgan fingerprint density at radius 2 is 1.80 bits per heavy atom. The second-order valence-corrected chi connectivity index (χ2v) is 5.21. The largest absolute Gasteiger partial charge is 0.504 e. The molecule has 0 aliphatic rings. The van der Waals surface area contributed by atoms with Crippen LogP contribution in [0.1, 0.15) is 21.5 Å². The van der Waals surface area contributed by atoms with Crippen molar-refractivity contribution >= 4 is 23.6 Å². The predicted molar refractivity (Wildman–Crippen MR) is 91.6 cm³/mol. The number of hydrogen-bond acceptors (Lipinski definition) is 6. The Labute approximate surface area is 143 Å². The molecule has 7 nitrogen and oxygen atoms in total. The van der Waals surface area contributed by atoms with Crippen molar-refractivity contribution in [2.45, 2.75) is 6.92 Å². The minimum absolute atomic E-state index is 0.158. The van der Waals surface area contributed by atoms with E-state index < -0.39 is 29.1 Å². The van der Waals surface area contributed by atoms with Crippen LogP contribution in [0.2, 0.25) is 0 Å². The Morgan fingerprint density at radius 1 is 1.08 bits per heavy atom. The third-order valence-corrected chi connectivity index (χ3v) is 3.49. The highest BCUT2D eigenvalue weighted by molar-refractivity contribution is 6.03. The van der Waals surface area contributed by atoms with Crippen LogP contribution in [0.25, 0.3) is 6.08 Å². The normalized spacial score (nSPS) is 10.6. The molecule has 0 heterocycles. The first-order valence-corrected chi connectivity index (χ1v) is 7.25. The fourth-order valence-corrected chi connectivity index (χ4v) is 2.06. The number of ether oxygens (including phenoxy) is 1. The highest BCUT2D eigenvalue weighted by Gasteiger charge is 2.11. The summed E-state index contributed by atoms with van der Waals surface area (Å²) in [4.78, 5) is 23.6. The summed E-state index contributed by atoms with van der Waals surface area (Å²) in [6.45, 7) is 1.77. The number of anilines is 1. The lowest BCUT2D eigenvalue weighted by molar-refractivity contribution is -0.111. The van der Waals surface area contributed by atoms with E-state index in [1.807, 2.05) is 0 Å². The van der Waals surface area contributed by atoms with Crippen molar-refractivity contribution < 1.29 is 29.6 Å². The molecule has 0 radical (unpaired) electrons. The number of phenolic OH excluding ortho intramolecular Hbond substituents is 3. The van der Waals surface area contributed by atoms with Gasteiger partial charge < -0.3 is 25.4 Å². The number of carbonyl (C=O) groups is 2. The summed E-state index contributed by atoms with van der Waals surface area (Å²) < 4.78 is 4.64. The Morgan fingerprint density at radius 3 is 2.48 bits per heavy atom. The van der Waals surface area contributed by atoms with Crippen molar-refractivity contribution in [3.8, 4) is 17.2 Å². The topological polar surface area (TPSA) is 116 Å². The standard InChI is InChI=1S/C18H17NO6/c1-10-3-4-12(18(24)25-2)9-13(10)19-15(21)8-6-11-5-7-14(20)17(23)16(11)22/h3-9,20,22-23H,1-2H3,(H,19,21)/b8-6+. The molecule has 25 heavy (non-hydrogen) atoms. The summed E-state index contributed by atoms with van der Waals surface area (Å²) in [6.07, 6.45) is 2.43. The van der Waals surface area contributed by atoms with Crippen LogP contribution < -0.4 is 5.32 Å². The lowest BCUT2D eigenvalue weighted by Crippen LogP contribution is -2.10. The number of rotatable bonds is 4. The second kappa shape index (κ2) is 7.39. The van der Waals surface area contributed by atoms with Crippen molar-refractivity contribution in [1.82, 2.24) is 0 Å². The van der Waals surface area contributed by atoms with Crippen LogP contribution >= 0.6 is 0 Å². The number of phenols is 3. The molecule has 0 unspecified atom stereocenters. The third kappa shape index (κ3) is 4.08. The van der Waals surface area contributed by atoms with E-state index in [4.69, 9.17) is 0 Å². The molecule has 0 aliphatic carbocycles. The molecule has 0 saturated carbocycles. The van der Waals surface area contributed by atoms with Crippen molar-refractivity contribution in [2.75, 3.05) is 12.4 Å². The van der Waals surface area contributed by atoms with Gasteiger partial charge in [0.25, 0.3) is 0 Å². The first kappa shape index (κ1) is 17.9. The highest BCUT2D eigenvalue weighted by Crippen LogP contribution is 2.37. The Bertz CT molecular complexity index is 857. The highest BCUT2D eigenvalue weighted by atomic mass is 16.5. The number of esters is 1. The van der Waals surface area contributed by atoms with Crippen LogP contribution in [0.3, 0.4) is 0 Å². The average Bonchev–Trinajstić information content (AvgIpc) is 2.60. The number of aryl methyl sites for hydroxylation is 1. The molecule has 0 atom stereocenters. The number of carbonyl (C=O) groups excluding carboxylic acids is 2. The predicted octanol–water partition coefficient (Wildman–Crippen LogP) is 2.55. The van der Waals surface area contributed by atoms with Crippen LogP contribution in [0.4, 0.5) is 5.69 Å². The van der Waals surface area contributed by atoms with Crippen molar-refractivity contribution in [3.63, 3.8) is 0 Å². The van der Waals surface area contributed by atoms with E-state index in [1.165, 1.54) is 31.4 Å². The summed E-state index contributed by atoms with van der Waals surface area (Å²) in [5.74, 6) is -2.68. The van der Waals surface area contributed by atoms with Crippen molar-refractivity contribution in [1.29, 1.82) is 0 Å². The molecule has 0 fully saturated rings. The van der Waals surface area contributed by atoms with Crippen LogP contribution in [0.5, 0.6) is 17.2 Å². The summed E-state index contributed by atoms with van der Waals surface area (Å²) in [5, 5.41) is 31.0. The first-order chi connectivity index (χ1) is 11.8. The zero-order valence-corrected chi connectivity index (χ0v) is 13.6. The van der Waals surface area contributed by atoms with Gasteiger partial charge in [0.05, 0.1) is 12.7 Å². The van der Waals surface area contributed by atoms with E-state index in [1.54, 1.807) is 19.1 Å². The second-order valence-electron chi connectivity index (χ2n) is 5.21. The summed E-state index contributed by atoms with van der Waals surface area (Å²) in [7, 11) is 1.27. The van der Waals surface area contributed by atoms with E-state index in [2.05, 4.69) is 10.1 Å². The van der Waals surface area contributed by atoms with Crippen LogP contribution in [-0.4, -0.2) is 34.3 Å². The number of hydrogen-bond donors (Lipinski definition) is 4. The number of amides is 1. The maximum Gasteiger partial charge on any atom is 0.337 e. The zero-order chi connectivity index (χ0) is 18.6. The summed E-state index contributed by atoms with van der Waals surface area (Å²) >= 11 is 0. The molecular formula is C18H17NO6. The Kier molecular flexibility index (Phi) is 5.28. The Balaban J connectivity index is 2.18. The molecule has 0 aliphatic heterocycles. The number of aromatic hydroxyl groups is 3. The zero-order valence-electron chi connectivity index (χ0n) is 13.6. The molecule has 0 spiro atoms. The van der Waals surface area contributed by atoms with Crippen molar-refractivity contribution in [2.24, 2.45) is 0 Å². The van der Waals surface area contributed by atoms with Gasteiger partial charge in [-0.25, -0.2) is 4.79 Å². The van der Waals surface area contributed by atoms with Gasteiger partial charge in [-0.2, -0.15) is 0 Å². The molecule has 130 valence electrons. The SMILES string of the molecule is COC(=O)c1ccc(C)c(NC(=O)/C=C/c2ccc(O)c(O)c2O)c1. The van der Waals surface area contributed by atoms with E-state index >= 15 is 0 Å². The molecule has 0 bridgehead atoms. The molecular weight excluding hydrogens is 326 g/mol. The first-order valence-electron chi connectivity index (χ1n) is 7.25. The monoisotopic (exact) mass is 343 g/mol. The van der Waals surface area contributed by atoms with E-state index in [0.717, 1.165) is 11.6 Å². The molecule has 2 aromatic carbocycles. The Hall–Kier alpha value is -3.48. The van der Waals surface area contributed by atoms with Gasteiger partial charge in [-0.1, -0.05) is 6.07 Å². The van der Waals surface area contributed by atoms with Gasteiger partial charge in [-0.05, 0) is 42.8 Å². The van der Waals surface area contributed by atoms with Gasteiger partial charge in [-0.3, -0.25) is 4.79 Å². The molecule has 4 N–H and O–H groups in total. The van der Waals surface area contributed by atoms with Crippen molar-refractivity contribution in [3.05, 3.63) is 53.1 Å². The maximum absolute atomic E-state index is 12.0. The van der Waals surface area contributed by atoms with Crippen LogP contribution in [-0.2, 0) is 9.53 Å². The molecule has 2 rings (SSSR count). The lowest BCUT2D eigenvalue weighted by atomic mass is 10.1. The average molecular weight is 343 g/mol. The fraction of sp³-hybridized carbons (Fsp3) is 0.111. The minimum Gasteiger partial charge on any atom is -0.504 e. The maximum atomic E-state index is 12.0. The quantitative estimate of drug-likeness (QED) is 0.385. The number of benzene rings is 2. The molecule has 0 aromatic heterocycles. The van der Waals surface area contributed by atoms with Gasteiger partial charge in [0.15, 0.2) is 11.5 Å². The van der Waals surface area contributed by atoms with Gasteiger partial charge >= 0.3 is 5.97 Å². The minimum atomic E-state index is -0.663. The summed E-state index contributed by atoms with van der Waals surface area (Å²) in [6, 6.07) is 7.30. The van der Waals surface area contributed by atoms with E-state index in [-0.39, 0.29) is 5.56 Å². The molecule has 7 heteroatoms. The van der Waals surface area contributed by atoms with E-state index in [9.17, 15) is 24.9 Å². The lowest BCUT2D eigenvalue weighted by Gasteiger charge is -2.08. The van der Waals surface area contributed by atoms with Gasteiger partial charge in [0.1, 0.15) is 0 Å². The van der Waals surface area contributed by atoms with Crippen LogP contribution in [0.15, 0.2) is 36.4 Å². The third-order valence-electron chi connectivity index (χ3n) is 3.49. The van der Waals surface area contributed by atoms with Gasteiger partial charge in [0, 0.05) is 17.3 Å². The summed E-state index contributed by atoms with van der Waals surface area (Å²) in [5.41, 5.74) is 1.65. The number of nitrogens with one attached hydrogen (secondary N) is 1. The van der Waals surface area contributed by atoms with E-state index in [0.29, 0.717) is 11.3 Å². The van der Waals surface area contributed by atoms with Crippen LogP contribution in [0, 0.1) is 6.92 Å². The molecule has 0 saturated heterocycles. The van der Waals surface area contributed by atoms with Gasteiger partial charge in [0.2, 0.25) is 11.7 Å². The van der Waals surface area contributed by atoms with Gasteiger partial charge in [-0.15, -0.1) is 0 Å². The number of methoxy groups -OCH3 is 1. The molecule has 1 amide bonds. The molecule has 2 aromatic rings.